The molecule has 1 N–H and O–H groups in total. The highest BCUT2D eigenvalue weighted by Gasteiger charge is 2.28. The highest BCUT2D eigenvalue weighted by atomic mass is 32.2. The normalized spacial score (nSPS) is 18.4. The molecule has 2 saturated heterocycles. The molecule has 0 aliphatic carbocycles. The average molecular weight is 538 g/mol. The molecule has 196 valence electrons. The number of benzene rings is 2. The summed E-state index contributed by atoms with van der Waals surface area (Å²) >= 11 is 0. The Kier molecular flexibility index (Phi) is 8.30. The number of methoxy groups -OCH3 is 1. The zero-order valence-electron chi connectivity index (χ0n) is 20.2. The average Bonchev–Trinajstić information content (AvgIpc) is 3.19. The van der Waals surface area contributed by atoms with Gasteiger partial charge in [0, 0.05) is 31.9 Å². The van der Waals surface area contributed by atoms with Crippen molar-refractivity contribution in [2.45, 2.75) is 35.5 Å². The molecule has 0 unspecified atom stereocenters. The van der Waals surface area contributed by atoms with Gasteiger partial charge in [-0.05, 0) is 55.3 Å². The Hall–Kier alpha value is -2.51. The predicted molar refractivity (Wildman–Crippen MR) is 134 cm³/mol. The summed E-state index contributed by atoms with van der Waals surface area (Å²) in [4.78, 5) is 13.2. The Balaban J connectivity index is 1.54. The summed E-state index contributed by atoms with van der Waals surface area (Å²) in [5.41, 5.74) is 0.433. The zero-order chi connectivity index (χ0) is 25.8. The number of hydrogen-bond donors (Lipinski definition) is 1. The lowest BCUT2D eigenvalue weighted by Crippen LogP contribution is -2.40. The van der Waals surface area contributed by atoms with Crippen molar-refractivity contribution in [2.24, 2.45) is 0 Å². The minimum Gasteiger partial charge on any atom is -0.496 e. The monoisotopic (exact) mass is 537 g/mol. The SMILES string of the molecule is COc1ccc(S(=O)(=O)N2CCCCCC2)cc1C(=O)Nc1ccc(S(=O)(=O)N2CCOCC2)cc1. The van der Waals surface area contributed by atoms with Gasteiger partial charge in [-0.25, -0.2) is 16.8 Å². The van der Waals surface area contributed by atoms with Crippen LogP contribution in [0.2, 0.25) is 0 Å². The number of sulfonamides is 2. The lowest BCUT2D eigenvalue weighted by Gasteiger charge is -2.26. The first-order valence-corrected chi connectivity index (χ1v) is 14.8. The smallest absolute Gasteiger partial charge is 0.259 e. The van der Waals surface area contributed by atoms with Crippen molar-refractivity contribution in [1.29, 1.82) is 0 Å². The number of carbonyl (C=O) groups excluding carboxylic acids is 1. The molecule has 2 aromatic rings. The van der Waals surface area contributed by atoms with Gasteiger partial charge in [-0.2, -0.15) is 8.61 Å². The van der Waals surface area contributed by atoms with Crippen LogP contribution in [0, 0.1) is 0 Å². The van der Waals surface area contributed by atoms with E-state index in [0.717, 1.165) is 25.7 Å². The van der Waals surface area contributed by atoms with Crippen LogP contribution < -0.4 is 10.1 Å². The fourth-order valence-corrected chi connectivity index (χ4v) is 7.25. The molecule has 36 heavy (non-hydrogen) atoms. The van der Waals surface area contributed by atoms with Crippen molar-refractivity contribution in [2.75, 3.05) is 51.8 Å². The van der Waals surface area contributed by atoms with Crippen LogP contribution in [-0.2, 0) is 24.8 Å². The van der Waals surface area contributed by atoms with Gasteiger partial charge in [0.25, 0.3) is 5.91 Å². The fourth-order valence-electron chi connectivity index (χ4n) is 4.30. The third-order valence-electron chi connectivity index (χ3n) is 6.34. The van der Waals surface area contributed by atoms with Crippen molar-refractivity contribution in [3.63, 3.8) is 0 Å². The minimum atomic E-state index is -3.75. The molecule has 2 aliphatic rings. The summed E-state index contributed by atoms with van der Waals surface area (Å²) in [5, 5.41) is 2.70. The van der Waals surface area contributed by atoms with Crippen LogP contribution in [0.4, 0.5) is 5.69 Å². The predicted octanol–water partition coefficient (Wildman–Crippen LogP) is 2.53. The van der Waals surface area contributed by atoms with E-state index in [4.69, 9.17) is 9.47 Å². The Morgan fingerprint density at radius 1 is 0.806 bits per heavy atom. The van der Waals surface area contributed by atoms with Crippen LogP contribution in [0.3, 0.4) is 0 Å². The van der Waals surface area contributed by atoms with Gasteiger partial charge in [0.1, 0.15) is 5.75 Å². The Labute approximate surface area is 212 Å². The molecule has 0 radical (unpaired) electrons. The van der Waals surface area contributed by atoms with Gasteiger partial charge >= 0.3 is 0 Å². The summed E-state index contributed by atoms with van der Waals surface area (Å²) < 4.78 is 65.4. The largest absolute Gasteiger partial charge is 0.496 e. The van der Waals surface area contributed by atoms with Crippen LogP contribution >= 0.6 is 0 Å². The first-order chi connectivity index (χ1) is 17.2. The van der Waals surface area contributed by atoms with Gasteiger partial charge in [-0.3, -0.25) is 4.79 Å². The molecule has 2 aromatic carbocycles. The van der Waals surface area contributed by atoms with Crippen LogP contribution in [0.1, 0.15) is 36.0 Å². The molecule has 10 nitrogen and oxygen atoms in total. The number of hydrogen-bond acceptors (Lipinski definition) is 7. The van der Waals surface area contributed by atoms with E-state index >= 15 is 0 Å². The summed E-state index contributed by atoms with van der Waals surface area (Å²) in [7, 11) is -6.01. The van der Waals surface area contributed by atoms with Crippen LogP contribution in [0.5, 0.6) is 5.75 Å². The van der Waals surface area contributed by atoms with E-state index in [9.17, 15) is 21.6 Å². The number of nitrogens with one attached hydrogen (secondary N) is 1. The summed E-state index contributed by atoms with van der Waals surface area (Å²) in [6.07, 6.45) is 3.60. The molecule has 1 amide bonds. The van der Waals surface area contributed by atoms with Gasteiger partial charge in [-0.1, -0.05) is 12.8 Å². The third kappa shape index (κ3) is 5.73. The third-order valence-corrected chi connectivity index (χ3v) is 10.1. The van der Waals surface area contributed by atoms with Gasteiger partial charge in [0.05, 0.1) is 35.7 Å². The second-order valence-corrected chi connectivity index (χ2v) is 12.6. The molecule has 12 heteroatoms. The van der Waals surface area contributed by atoms with E-state index in [1.807, 2.05) is 0 Å². The van der Waals surface area contributed by atoms with Crippen molar-refractivity contribution in [1.82, 2.24) is 8.61 Å². The highest BCUT2D eigenvalue weighted by Crippen LogP contribution is 2.27. The molecule has 0 atom stereocenters. The molecule has 2 aliphatic heterocycles. The van der Waals surface area contributed by atoms with E-state index in [-0.39, 0.29) is 34.2 Å². The molecule has 4 rings (SSSR count). The molecule has 0 aromatic heterocycles. The van der Waals surface area contributed by atoms with Gasteiger partial charge < -0.3 is 14.8 Å². The number of ether oxygens (including phenoxy) is 2. The molecule has 2 heterocycles. The maximum atomic E-state index is 13.2. The quantitative estimate of drug-likeness (QED) is 0.576. The van der Waals surface area contributed by atoms with E-state index in [1.165, 1.54) is 58.2 Å². The standard InChI is InChI=1S/C24H31N3O7S2/c1-33-23-11-10-21(36(31,32)26-12-4-2-3-5-13-26)18-22(23)24(28)25-19-6-8-20(9-7-19)35(29,30)27-14-16-34-17-15-27/h6-11,18H,2-5,12-17H2,1H3,(H,25,28). The Morgan fingerprint density at radius 3 is 1.97 bits per heavy atom. The van der Waals surface area contributed by atoms with Gasteiger partial charge in [-0.15, -0.1) is 0 Å². The number of nitrogens with zero attached hydrogens (tertiary/aromatic N) is 2. The van der Waals surface area contributed by atoms with E-state index < -0.39 is 26.0 Å². The molecule has 0 saturated carbocycles. The summed E-state index contributed by atoms with van der Waals surface area (Å²) in [6.45, 7) is 2.18. The molecule has 2 fully saturated rings. The van der Waals surface area contributed by atoms with E-state index in [0.29, 0.717) is 32.0 Å². The zero-order valence-corrected chi connectivity index (χ0v) is 21.8. The lowest BCUT2D eigenvalue weighted by atomic mass is 10.2. The first kappa shape index (κ1) is 26.6. The number of morpholine rings is 1. The van der Waals surface area contributed by atoms with Crippen molar-refractivity contribution >= 4 is 31.6 Å². The number of carbonyl (C=O) groups is 1. The van der Waals surface area contributed by atoms with Crippen LogP contribution in [0.15, 0.2) is 52.3 Å². The molecule has 0 bridgehead atoms. The lowest BCUT2D eigenvalue weighted by molar-refractivity contribution is 0.0730. The van der Waals surface area contributed by atoms with Crippen molar-refractivity contribution < 1.29 is 31.1 Å². The first-order valence-electron chi connectivity index (χ1n) is 11.9. The summed E-state index contributed by atoms with van der Waals surface area (Å²) in [6, 6.07) is 10.1. The molecular formula is C24H31N3O7S2. The molecular weight excluding hydrogens is 506 g/mol. The second kappa shape index (κ2) is 11.3. The van der Waals surface area contributed by atoms with E-state index in [1.54, 1.807) is 0 Å². The maximum Gasteiger partial charge on any atom is 0.259 e. The number of rotatable bonds is 7. The maximum absolute atomic E-state index is 13.2. The molecule has 0 spiro atoms. The Bertz CT molecular complexity index is 1280. The highest BCUT2D eigenvalue weighted by molar-refractivity contribution is 7.89. The van der Waals surface area contributed by atoms with Gasteiger partial charge in [0.15, 0.2) is 0 Å². The second-order valence-electron chi connectivity index (χ2n) is 8.68. The fraction of sp³-hybridized carbons (Fsp3) is 0.458. The topological polar surface area (TPSA) is 122 Å². The number of amides is 1. The van der Waals surface area contributed by atoms with Crippen molar-refractivity contribution in [3.05, 3.63) is 48.0 Å². The minimum absolute atomic E-state index is 0.0299. The van der Waals surface area contributed by atoms with E-state index in [2.05, 4.69) is 5.32 Å². The Morgan fingerprint density at radius 2 is 1.36 bits per heavy atom. The summed E-state index contributed by atoms with van der Waals surface area (Å²) in [5.74, 6) is -0.336. The number of anilines is 1. The van der Waals surface area contributed by atoms with Crippen LogP contribution in [-0.4, -0.2) is 77.9 Å². The van der Waals surface area contributed by atoms with Crippen molar-refractivity contribution in [3.8, 4) is 5.75 Å². The van der Waals surface area contributed by atoms with Crippen LogP contribution in [0.25, 0.3) is 0 Å². The van der Waals surface area contributed by atoms with Gasteiger partial charge in [0.2, 0.25) is 20.0 Å².